The van der Waals surface area contributed by atoms with E-state index in [0.29, 0.717) is 11.3 Å². The van der Waals surface area contributed by atoms with Crippen LogP contribution in [-0.4, -0.2) is 11.0 Å². The van der Waals surface area contributed by atoms with Gasteiger partial charge in [0.25, 0.3) is 5.91 Å². The normalized spacial score (nSPS) is 10.3. The topological polar surface area (TPSA) is 49.3 Å². The molecular weight excluding hydrogens is 306 g/mol. The maximum Gasteiger partial charge on any atom is 0.259 e. The van der Waals surface area contributed by atoms with Crippen LogP contribution in [0.5, 0.6) is 5.75 Å². The summed E-state index contributed by atoms with van der Waals surface area (Å²) in [5.74, 6) is -0.309. The summed E-state index contributed by atoms with van der Waals surface area (Å²) in [4.78, 5) is 12.2. The number of hydrogen-bond acceptors (Lipinski definition) is 2. The number of benzene rings is 2. The zero-order chi connectivity index (χ0) is 14.0. The molecule has 98 valence electrons. The van der Waals surface area contributed by atoms with Gasteiger partial charge in [-0.3, -0.25) is 4.79 Å². The number of halogens is 1. The quantitative estimate of drug-likeness (QED) is 0.878. The zero-order valence-corrected chi connectivity index (χ0v) is 12.3. The maximum absolute atomic E-state index is 12.2. The molecule has 3 nitrogen and oxygen atoms in total. The molecule has 0 unspecified atom stereocenters. The number of phenolic OH excluding ortho intramolecular Hbond substituents is 1. The van der Waals surface area contributed by atoms with Gasteiger partial charge >= 0.3 is 0 Å². The van der Waals surface area contributed by atoms with Crippen molar-refractivity contribution in [3.63, 3.8) is 0 Å². The fourth-order valence-corrected chi connectivity index (χ4v) is 2.11. The summed E-state index contributed by atoms with van der Waals surface area (Å²) in [7, 11) is 0. The third-order valence-electron chi connectivity index (χ3n) is 2.85. The number of amides is 1. The van der Waals surface area contributed by atoms with Crippen LogP contribution < -0.4 is 5.32 Å². The van der Waals surface area contributed by atoms with Gasteiger partial charge in [0.2, 0.25) is 0 Å². The molecule has 0 saturated heterocycles. The molecule has 19 heavy (non-hydrogen) atoms. The van der Waals surface area contributed by atoms with E-state index in [1.807, 2.05) is 25.1 Å². The number of hydrogen-bond donors (Lipinski definition) is 2. The Balaban J connectivity index is 2.31. The highest BCUT2D eigenvalue weighted by atomic mass is 79.9. The maximum atomic E-state index is 12.2. The summed E-state index contributed by atoms with van der Waals surface area (Å²) in [5, 5.41) is 12.7. The van der Waals surface area contributed by atoms with Crippen molar-refractivity contribution in [2.75, 3.05) is 5.32 Å². The minimum Gasteiger partial charge on any atom is -0.507 e. The molecule has 4 heteroatoms. The van der Waals surface area contributed by atoms with Crippen molar-refractivity contribution in [2.24, 2.45) is 0 Å². The number of rotatable bonds is 2. The summed E-state index contributed by atoms with van der Waals surface area (Å²) >= 11 is 3.39. The van der Waals surface area contributed by atoms with E-state index in [9.17, 15) is 9.90 Å². The second kappa shape index (κ2) is 5.45. The van der Waals surface area contributed by atoms with E-state index >= 15 is 0 Å². The summed E-state index contributed by atoms with van der Waals surface area (Å²) in [5.41, 5.74) is 2.68. The molecule has 2 aromatic rings. The van der Waals surface area contributed by atoms with Crippen molar-refractivity contribution in [2.45, 2.75) is 13.8 Å². The zero-order valence-electron chi connectivity index (χ0n) is 10.7. The fraction of sp³-hybridized carbons (Fsp3) is 0.133. The molecule has 0 saturated carbocycles. The molecule has 2 rings (SSSR count). The first-order valence-corrected chi connectivity index (χ1v) is 6.64. The Morgan fingerprint density at radius 1 is 1.21 bits per heavy atom. The third kappa shape index (κ3) is 2.96. The predicted molar refractivity (Wildman–Crippen MR) is 79.7 cm³/mol. The lowest BCUT2D eigenvalue weighted by molar-refractivity contribution is 0.102. The van der Waals surface area contributed by atoms with Crippen LogP contribution in [0.4, 0.5) is 5.69 Å². The van der Waals surface area contributed by atoms with E-state index in [1.165, 1.54) is 0 Å². The van der Waals surface area contributed by atoms with Crippen molar-refractivity contribution in [3.05, 3.63) is 57.6 Å². The van der Waals surface area contributed by atoms with Crippen molar-refractivity contribution in [1.82, 2.24) is 0 Å². The minimum atomic E-state index is -0.326. The molecule has 0 bridgehead atoms. The SMILES string of the molecule is Cc1ccc(Br)c(NC(=O)c2cccc(C)c2O)c1. The first-order valence-electron chi connectivity index (χ1n) is 5.85. The summed E-state index contributed by atoms with van der Waals surface area (Å²) in [6.07, 6.45) is 0. The Kier molecular flexibility index (Phi) is 3.90. The number of phenols is 1. The fourth-order valence-electron chi connectivity index (χ4n) is 1.77. The number of carbonyl (C=O) groups excluding carboxylic acids is 1. The summed E-state index contributed by atoms with van der Waals surface area (Å²) in [6, 6.07) is 10.8. The lowest BCUT2D eigenvalue weighted by Gasteiger charge is -2.10. The van der Waals surface area contributed by atoms with Gasteiger partial charge in [-0.05, 0) is 59.1 Å². The molecule has 2 aromatic carbocycles. The number of para-hydroxylation sites is 1. The van der Waals surface area contributed by atoms with Crippen LogP contribution in [0.1, 0.15) is 21.5 Å². The summed E-state index contributed by atoms with van der Waals surface area (Å²) in [6.45, 7) is 3.71. The third-order valence-corrected chi connectivity index (χ3v) is 3.54. The molecule has 0 aliphatic carbocycles. The first kappa shape index (κ1) is 13.6. The highest BCUT2D eigenvalue weighted by Crippen LogP contribution is 2.26. The van der Waals surface area contributed by atoms with Crippen LogP contribution in [0.3, 0.4) is 0 Å². The van der Waals surface area contributed by atoms with Gasteiger partial charge in [0.05, 0.1) is 11.3 Å². The Labute approximate surface area is 120 Å². The highest BCUT2D eigenvalue weighted by molar-refractivity contribution is 9.10. The van der Waals surface area contributed by atoms with Gasteiger partial charge in [0, 0.05) is 4.47 Å². The van der Waals surface area contributed by atoms with Gasteiger partial charge < -0.3 is 10.4 Å². The molecular formula is C15H14BrNO2. The van der Waals surface area contributed by atoms with Crippen molar-refractivity contribution >= 4 is 27.5 Å². The average Bonchev–Trinajstić information content (AvgIpc) is 2.37. The number of aryl methyl sites for hydroxylation is 2. The van der Waals surface area contributed by atoms with Crippen LogP contribution >= 0.6 is 15.9 Å². The molecule has 0 fully saturated rings. The van der Waals surface area contributed by atoms with Gasteiger partial charge in [0.1, 0.15) is 5.75 Å². The van der Waals surface area contributed by atoms with Gasteiger partial charge in [0.15, 0.2) is 0 Å². The lowest BCUT2D eigenvalue weighted by atomic mass is 10.1. The van der Waals surface area contributed by atoms with Gasteiger partial charge in [-0.1, -0.05) is 18.2 Å². The van der Waals surface area contributed by atoms with Crippen LogP contribution in [0.15, 0.2) is 40.9 Å². The molecule has 0 aromatic heterocycles. The minimum absolute atomic E-state index is 0.0174. The lowest BCUT2D eigenvalue weighted by Crippen LogP contribution is -2.12. The highest BCUT2D eigenvalue weighted by Gasteiger charge is 2.13. The van der Waals surface area contributed by atoms with Crippen LogP contribution in [0.2, 0.25) is 0 Å². The molecule has 0 aliphatic rings. The molecule has 0 heterocycles. The van der Waals surface area contributed by atoms with Crippen molar-refractivity contribution < 1.29 is 9.90 Å². The predicted octanol–water partition coefficient (Wildman–Crippen LogP) is 4.02. The molecule has 0 spiro atoms. The Morgan fingerprint density at radius 3 is 2.68 bits per heavy atom. The largest absolute Gasteiger partial charge is 0.507 e. The number of carbonyl (C=O) groups is 1. The van der Waals surface area contributed by atoms with E-state index in [1.54, 1.807) is 25.1 Å². The van der Waals surface area contributed by atoms with Crippen LogP contribution in [0, 0.1) is 13.8 Å². The Hall–Kier alpha value is -1.81. The Bertz CT molecular complexity index is 638. The standard InChI is InChI=1S/C15H14BrNO2/c1-9-6-7-12(16)13(8-9)17-15(19)11-5-3-4-10(2)14(11)18/h3-8,18H,1-2H3,(H,17,19). The molecule has 0 atom stereocenters. The van der Waals surface area contributed by atoms with Gasteiger partial charge in [-0.25, -0.2) is 0 Å². The van der Waals surface area contributed by atoms with Gasteiger partial charge in [-0.2, -0.15) is 0 Å². The van der Waals surface area contributed by atoms with Crippen molar-refractivity contribution in [3.8, 4) is 5.75 Å². The van der Waals surface area contributed by atoms with Crippen LogP contribution in [-0.2, 0) is 0 Å². The van der Waals surface area contributed by atoms with Crippen molar-refractivity contribution in [1.29, 1.82) is 0 Å². The molecule has 0 radical (unpaired) electrons. The van der Waals surface area contributed by atoms with Gasteiger partial charge in [-0.15, -0.1) is 0 Å². The average molecular weight is 320 g/mol. The van der Waals surface area contributed by atoms with E-state index in [4.69, 9.17) is 0 Å². The molecule has 2 N–H and O–H groups in total. The Morgan fingerprint density at radius 2 is 1.95 bits per heavy atom. The smallest absolute Gasteiger partial charge is 0.259 e. The first-order chi connectivity index (χ1) is 8.99. The number of nitrogens with one attached hydrogen (secondary N) is 1. The van der Waals surface area contributed by atoms with E-state index in [-0.39, 0.29) is 17.2 Å². The number of anilines is 1. The van der Waals surface area contributed by atoms with Crippen LogP contribution in [0.25, 0.3) is 0 Å². The second-order valence-corrected chi connectivity index (χ2v) is 5.26. The monoisotopic (exact) mass is 319 g/mol. The van der Waals surface area contributed by atoms with E-state index in [2.05, 4.69) is 21.2 Å². The van der Waals surface area contributed by atoms with E-state index in [0.717, 1.165) is 10.0 Å². The van der Waals surface area contributed by atoms with E-state index < -0.39 is 0 Å². The molecule has 1 amide bonds. The summed E-state index contributed by atoms with van der Waals surface area (Å²) < 4.78 is 0.804. The second-order valence-electron chi connectivity index (χ2n) is 4.41. The molecule has 0 aliphatic heterocycles. The number of aromatic hydroxyl groups is 1.